The van der Waals surface area contributed by atoms with Crippen molar-refractivity contribution >= 4 is 45.4 Å². The van der Waals surface area contributed by atoms with E-state index < -0.39 is 0 Å². The lowest BCUT2D eigenvalue weighted by atomic mass is 10.2. The van der Waals surface area contributed by atoms with Crippen molar-refractivity contribution in [3.05, 3.63) is 58.2 Å². The Bertz CT molecular complexity index is 1260. The van der Waals surface area contributed by atoms with Crippen LogP contribution in [0.1, 0.15) is 15.2 Å². The zero-order valence-corrected chi connectivity index (χ0v) is 18.3. The molecule has 0 atom stereocenters. The Morgan fingerprint density at radius 2 is 2.10 bits per heavy atom. The molecule has 0 unspecified atom stereocenters. The van der Waals surface area contributed by atoms with Gasteiger partial charge >= 0.3 is 0 Å². The maximum absolute atomic E-state index is 13.2. The first-order chi connectivity index (χ1) is 15.1. The molecule has 0 bridgehead atoms. The first kappa shape index (κ1) is 19.9. The van der Waals surface area contributed by atoms with E-state index in [4.69, 9.17) is 26.4 Å². The number of halogens is 1. The lowest BCUT2D eigenvalue weighted by Crippen LogP contribution is -2.37. The first-order valence-corrected chi connectivity index (χ1v) is 11.0. The second-order valence-corrected chi connectivity index (χ2v) is 8.82. The molecule has 1 aliphatic rings. The molecule has 1 amide bonds. The Labute approximate surface area is 187 Å². The minimum atomic E-state index is -0.278. The number of aromatic nitrogens is 4. The van der Waals surface area contributed by atoms with Crippen LogP contribution in [0.25, 0.3) is 16.9 Å². The molecular formula is C21H19ClN6O2S. The average Bonchev–Trinajstić information content (AvgIpc) is 3.39. The minimum absolute atomic E-state index is 0.278. The first-order valence-electron chi connectivity index (χ1n) is 9.80. The maximum Gasteiger partial charge on any atom is 0.261 e. The molecule has 1 fully saturated rings. The van der Waals surface area contributed by atoms with Crippen LogP contribution in [0.4, 0.5) is 10.9 Å². The van der Waals surface area contributed by atoms with Gasteiger partial charge in [-0.25, -0.2) is 14.5 Å². The zero-order valence-electron chi connectivity index (χ0n) is 16.7. The van der Waals surface area contributed by atoms with Crippen molar-refractivity contribution in [1.29, 1.82) is 0 Å². The van der Waals surface area contributed by atoms with Gasteiger partial charge < -0.3 is 9.64 Å². The van der Waals surface area contributed by atoms with Crippen LogP contribution in [-0.2, 0) is 4.74 Å². The molecule has 4 aromatic rings. The van der Waals surface area contributed by atoms with E-state index in [1.807, 2.05) is 37.4 Å². The maximum atomic E-state index is 13.2. The number of morpholine rings is 1. The predicted octanol–water partition coefficient (Wildman–Crippen LogP) is 3.90. The van der Waals surface area contributed by atoms with Gasteiger partial charge in [0.2, 0.25) is 0 Å². The topological polar surface area (TPSA) is 84.7 Å². The van der Waals surface area contributed by atoms with Crippen molar-refractivity contribution in [2.45, 2.75) is 6.92 Å². The lowest BCUT2D eigenvalue weighted by Gasteiger charge is -2.27. The molecule has 4 heterocycles. The van der Waals surface area contributed by atoms with Crippen molar-refractivity contribution in [1.82, 2.24) is 19.6 Å². The average molecular weight is 455 g/mol. The van der Waals surface area contributed by atoms with E-state index in [1.54, 1.807) is 16.8 Å². The fourth-order valence-corrected chi connectivity index (χ4v) is 4.29. The van der Waals surface area contributed by atoms with Crippen LogP contribution in [0.2, 0.25) is 5.02 Å². The number of carbonyl (C=O) groups is 1. The summed E-state index contributed by atoms with van der Waals surface area (Å²) < 4.78 is 7.11. The van der Waals surface area contributed by atoms with Crippen LogP contribution >= 0.6 is 22.9 Å². The number of thiazole rings is 1. The van der Waals surface area contributed by atoms with Gasteiger partial charge in [0.1, 0.15) is 0 Å². The van der Waals surface area contributed by atoms with E-state index >= 15 is 0 Å². The van der Waals surface area contributed by atoms with E-state index in [-0.39, 0.29) is 5.91 Å². The van der Waals surface area contributed by atoms with Gasteiger partial charge in [-0.3, -0.25) is 10.1 Å². The summed E-state index contributed by atoms with van der Waals surface area (Å²) in [7, 11) is 0. The largest absolute Gasteiger partial charge is 0.378 e. The Morgan fingerprint density at radius 1 is 1.26 bits per heavy atom. The van der Waals surface area contributed by atoms with Crippen LogP contribution in [0.5, 0.6) is 0 Å². The number of hydrogen-bond acceptors (Lipinski definition) is 7. The van der Waals surface area contributed by atoms with Crippen LogP contribution in [-0.4, -0.2) is 51.8 Å². The summed E-state index contributed by atoms with van der Waals surface area (Å²) in [5.41, 5.74) is 2.44. The summed E-state index contributed by atoms with van der Waals surface area (Å²) in [5.74, 6) is 0.422. The van der Waals surface area contributed by atoms with Crippen molar-refractivity contribution < 1.29 is 9.53 Å². The van der Waals surface area contributed by atoms with E-state index in [2.05, 4.69) is 15.2 Å². The summed E-state index contributed by atoms with van der Waals surface area (Å²) in [6, 6.07) is 9.22. The smallest absolute Gasteiger partial charge is 0.261 e. The van der Waals surface area contributed by atoms with Gasteiger partial charge in [-0.1, -0.05) is 23.7 Å². The number of anilines is 2. The number of imidazole rings is 1. The highest BCUT2D eigenvalue weighted by Crippen LogP contribution is 2.26. The minimum Gasteiger partial charge on any atom is -0.378 e. The second-order valence-electron chi connectivity index (χ2n) is 7.15. The summed E-state index contributed by atoms with van der Waals surface area (Å²) in [5, 5.41) is 8.77. The summed E-state index contributed by atoms with van der Waals surface area (Å²) >= 11 is 7.58. The van der Waals surface area contributed by atoms with E-state index in [0.717, 1.165) is 10.4 Å². The quantitative estimate of drug-likeness (QED) is 0.503. The molecule has 5 rings (SSSR count). The van der Waals surface area contributed by atoms with Gasteiger partial charge in [0.25, 0.3) is 5.91 Å². The molecule has 1 aliphatic heterocycles. The van der Waals surface area contributed by atoms with Gasteiger partial charge in [0, 0.05) is 34.7 Å². The number of aryl methyl sites for hydroxylation is 1. The summed E-state index contributed by atoms with van der Waals surface area (Å²) in [6.45, 7) is 4.61. The van der Waals surface area contributed by atoms with Gasteiger partial charge in [-0.2, -0.15) is 0 Å². The number of amides is 1. The van der Waals surface area contributed by atoms with Crippen LogP contribution in [0.15, 0.2) is 42.7 Å². The lowest BCUT2D eigenvalue weighted by molar-refractivity contribution is 0.102. The number of hydrogen-bond donors (Lipinski definition) is 1. The Morgan fingerprint density at radius 3 is 2.84 bits per heavy atom. The van der Waals surface area contributed by atoms with E-state index in [9.17, 15) is 4.79 Å². The molecule has 3 aromatic heterocycles. The summed E-state index contributed by atoms with van der Waals surface area (Å²) in [4.78, 5) is 25.2. The highest BCUT2D eigenvalue weighted by atomic mass is 35.5. The van der Waals surface area contributed by atoms with E-state index in [0.29, 0.717) is 59.2 Å². The van der Waals surface area contributed by atoms with Crippen LogP contribution in [0.3, 0.4) is 0 Å². The molecule has 158 valence electrons. The monoisotopic (exact) mass is 454 g/mol. The van der Waals surface area contributed by atoms with Gasteiger partial charge in [0.15, 0.2) is 16.6 Å². The molecule has 8 nitrogen and oxygen atoms in total. The van der Waals surface area contributed by atoms with Crippen LogP contribution in [0, 0.1) is 6.92 Å². The molecule has 1 N–H and O–H groups in total. The molecule has 0 saturated carbocycles. The second kappa shape index (κ2) is 8.26. The number of benzene rings is 1. The number of carbonyl (C=O) groups excluding carboxylic acids is 1. The molecule has 1 aromatic carbocycles. The van der Waals surface area contributed by atoms with Crippen molar-refractivity contribution in [2.24, 2.45) is 0 Å². The highest BCUT2D eigenvalue weighted by molar-refractivity contribution is 7.15. The molecule has 0 aliphatic carbocycles. The third-order valence-corrected chi connectivity index (χ3v) is 6.02. The Hall–Kier alpha value is -3.01. The summed E-state index contributed by atoms with van der Waals surface area (Å²) in [6.07, 6.45) is 3.55. The predicted molar refractivity (Wildman–Crippen MR) is 121 cm³/mol. The molecular weight excluding hydrogens is 436 g/mol. The molecule has 1 saturated heterocycles. The normalized spacial score (nSPS) is 14.2. The Kier molecular flexibility index (Phi) is 5.31. The SMILES string of the molecule is Cc1cnc(NC(=O)c2cc(N3CCOCC3)nn3cc(-c4cccc(Cl)c4)nc23)s1. The number of fused-ring (bicyclic) bond motifs is 1. The molecule has 0 radical (unpaired) electrons. The zero-order chi connectivity index (χ0) is 21.4. The fourth-order valence-electron chi connectivity index (χ4n) is 3.44. The number of rotatable bonds is 4. The number of nitrogens with one attached hydrogen (secondary N) is 1. The third-order valence-electron chi connectivity index (χ3n) is 4.95. The molecule has 31 heavy (non-hydrogen) atoms. The Balaban J connectivity index is 1.60. The number of ether oxygens (including phenoxy) is 1. The van der Waals surface area contributed by atoms with Gasteiger partial charge in [0.05, 0.1) is 30.7 Å². The number of nitrogens with zero attached hydrogens (tertiary/aromatic N) is 5. The van der Waals surface area contributed by atoms with Gasteiger partial charge in [-0.05, 0) is 25.1 Å². The van der Waals surface area contributed by atoms with Crippen molar-refractivity contribution in [3.63, 3.8) is 0 Å². The van der Waals surface area contributed by atoms with Crippen molar-refractivity contribution in [3.8, 4) is 11.3 Å². The van der Waals surface area contributed by atoms with Crippen molar-refractivity contribution in [2.75, 3.05) is 36.5 Å². The standard InChI is InChI=1S/C21H19ClN6O2S/c1-13-11-23-21(31-13)25-20(29)16-10-18(27-5-7-30-8-6-27)26-28-12-17(24-19(16)28)14-3-2-4-15(22)9-14/h2-4,9-12H,5-8H2,1H3,(H,23,25,29). The molecule has 10 heteroatoms. The third kappa shape index (κ3) is 4.12. The van der Waals surface area contributed by atoms with Crippen LogP contribution < -0.4 is 10.2 Å². The van der Waals surface area contributed by atoms with E-state index in [1.165, 1.54) is 11.3 Å². The van der Waals surface area contributed by atoms with Gasteiger partial charge in [-0.15, -0.1) is 16.4 Å². The molecule has 0 spiro atoms. The fraction of sp³-hybridized carbons (Fsp3) is 0.238. The highest BCUT2D eigenvalue weighted by Gasteiger charge is 2.21.